The highest BCUT2D eigenvalue weighted by atomic mass is 16.5. The van der Waals surface area contributed by atoms with Gasteiger partial charge in [0.1, 0.15) is 11.5 Å². The van der Waals surface area contributed by atoms with E-state index in [0.717, 1.165) is 46.2 Å². The maximum atomic E-state index is 9.67. The van der Waals surface area contributed by atoms with Crippen molar-refractivity contribution in [1.29, 1.82) is 0 Å². The van der Waals surface area contributed by atoms with Crippen LogP contribution in [-0.2, 0) is 6.54 Å². The number of nitrogens with two attached hydrogens (primary N) is 3. The molecular formula is C27H36N6O2. The Morgan fingerprint density at radius 3 is 2.26 bits per heavy atom. The van der Waals surface area contributed by atoms with Crippen molar-refractivity contribution in [2.24, 2.45) is 0 Å². The van der Waals surface area contributed by atoms with Gasteiger partial charge in [-0.2, -0.15) is 0 Å². The van der Waals surface area contributed by atoms with Gasteiger partial charge in [0.15, 0.2) is 0 Å². The number of likely N-dealkylation sites (N-methyl/N-ethyl adjacent to an activating group) is 2. The summed E-state index contributed by atoms with van der Waals surface area (Å²) in [4.78, 5) is 8.88. The van der Waals surface area contributed by atoms with Gasteiger partial charge >= 0.3 is 0 Å². The van der Waals surface area contributed by atoms with Crippen molar-refractivity contribution in [2.45, 2.75) is 13.5 Å². The zero-order valence-corrected chi connectivity index (χ0v) is 21.0. The van der Waals surface area contributed by atoms with Gasteiger partial charge in [-0.3, -0.25) is 0 Å². The van der Waals surface area contributed by atoms with E-state index in [1.807, 2.05) is 70.5 Å². The Kier molecular flexibility index (Phi) is 8.57. The lowest BCUT2D eigenvalue weighted by atomic mass is 10.1. The summed E-state index contributed by atoms with van der Waals surface area (Å²) in [5.41, 5.74) is 22.3. The monoisotopic (exact) mass is 476 g/mol. The third-order valence-electron chi connectivity index (χ3n) is 5.59. The zero-order chi connectivity index (χ0) is 25.5. The van der Waals surface area contributed by atoms with E-state index < -0.39 is 0 Å². The van der Waals surface area contributed by atoms with Gasteiger partial charge in [-0.25, -0.2) is 4.98 Å². The third-order valence-corrected chi connectivity index (χ3v) is 5.59. The lowest BCUT2D eigenvalue weighted by Crippen LogP contribution is -2.28. The van der Waals surface area contributed by atoms with Crippen LogP contribution in [0.25, 0.3) is 21.8 Å². The average molecular weight is 477 g/mol. The summed E-state index contributed by atoms with van der Waals surface area (Å²) in [5.74, 6) is 1.11. The highest BCUT2D eigenvalue weighted by Crippen LogP contribution is 2.31. The summed E-state index contributed by atoms with van der Waals surface area (Å²) in [6, 6.07) is 16.5. The summed E-state index contributed by atoms with van der Waals surface area (Å²) in [5, 5.41) is 11.5. The minimum atomic E-state index is 0.311. The number of anilines is 3. The molecule has 35 heavy (non-hydrogen) atoms. The van der Waals surface area contributed by atoms with Gasteiger partial charge in [0, 0.05) is 47.3 Å². The lowest BCUT2D eigenvalue weighted by molar-refractivity contribution is 0.273. The second-order valence-corrected chi connectivity index (χ2v) is 8.84. The Hall–Kier alpha value is -3.75. The van der Waals surface area contributed by atoms with E-state index in [1.54, 1.807) is 12.1 Å². The number of nitrogens with zero attached hydrogens (tertiary/aromatic N) is 3. The number of hydrogen-bond acceptors (Lipinski definition) is 8. The van der Waals surface area contributed by atoms with Crippen LogP contribution in [0.5, 0.6) is 11.5 Å². The standard InChI is InChI=1S/C15H15N3O.C12H21N3O/c1-2-19-10-4-6-13-12(8-10)15(17)11-5-3-9(16)7-14(11)18-13;1-14(2)6-7-15(3)9-10-8-11(13)4-5-12(10)16/h3-8H,2,16H2,1H3,(H2,17,18);4-5,8,16H,6-7,9,13H2,1-3H3. The maximum Gasteiger partial charge on any atom is 0.120 e. The molecule has 0 amide bonds. The number of pyridine rings is 1. The van der Waals surface area contributed by atoms with Crippen molar-refractivity contribution in [3.05, 3.63) is 60.2 Å². The van der Waals surface area contributed by atoms with Gasteiger partial charge in [-0.05, 0) is 82.7 Å². The molecule has 0 aliphatic carbocycles. The normalized spacial score (nSPS) is 11.1. The van der Waals surface area contributed by atoms with Crippen molar-refractivity contribution in [3.8, 4) is 11.5 Å². The summed E-state index contributed by atoms with van der Waals surface area (Å²) in [7, 11) is 6.13. The van der Waals surface area contributed by atoms with Crippen molar-refractivity contribution >= 4 is 38.9 Å². The highest BCUT2D eigenvalue weighted by molar-refractivity contribution is 6.07. The Labute approximate surface area is 206 Å². The number of fused-ring (bicyclic) bond motifs is 2. The quantitative estimate of drug-likeness (QED) is 0.180. The number of nitrogen functional groups attached to an aromatic ring is 3. The molecule has 0 saturated carbocycles. The summed E-state index contributed by atoms with van der Waals surface area (Å²) in [6.45, 7) is 5.25. The molecule has 4 rings (SSSR count). The number of aromatic hydroxyl groups is 1. The average Bonchev–Trinajstić information content (AvgIpc) is 2.81. The lowest BCUT2D eigenvalue weighted by Gasteiger charge is -2.19. The van der Waals surface area contributed by atoms with Crippen LogP contribution in [0.1, 0.15) is 12.5 Å². The highest BCUT2D eigenvalue weighted by Gasteiger charge is 2.08. The molecule has 0 aliphatic heterocycles. The summed E-state index contributed by atoms with van der Waals surface area (Å²) >= 11 is 0. The van der Waals surface area contributed by atoms with Crippen LogP contribution in [-0.4, -0.2) is 60.7 Å². The molecule has 4 aromatic rings. The van der Waals surface area contributed by atoms with Crippen molar-refractivity contribution in [3.63, 3.8) is 0 Å². The zero-order valence-electron chi connectivity index (χ0n) is 21.0. The molecule has 0 radical (unpaired) electrons. The van der Waals surface area contributed by atoms with Gasteiger partial charge in [0.25, 0.3) is 0 Å². The maximum absolute atomic E-state index is 9.67. The largest absolute Gasteiger partial charge is 0.508 e. The predicted molar refractivity (Wildman–Crippen MR) is 147 cm³/mol. The Balaban J connectivity index is 0.000000199. The summed E-state index contributed by atoms with van der Waals surface area (Å²) in [6.07, 6.45) is 0. The van der Waals surface area contributed by atoms with Crippen LogP contribution in [0.4, 0.5) is 17.1 Å². The fourth-order valence-corrected chi connectivity index (χ4v) is 3.70. The summed E-state index contributed by atoms with van der Waals surface area (Å²) < 4.78 is 5.50. The van der Waals surface area contributed by atoms with E-state index in [0.29, 0.717) is 36.0 Å². The van der Waals surface area contributed by atoms with Crippen molar-refractivity contribution in [1.82, 2.24) is 14.8 Å². The van der Waals surface area contributed by atoms with Gasteiger partial charge in [-0.1, -0.05) is 0 Å². The number of benzene rings is 3. The number of phenolic OH excluding ortho intramolecular Hbond substituents is 1. The van der Waals surface area contributed by atoms with Crippen molar-refractivity contribution < 1.29 is 9.84 Å². The molecule has 0 aliphatic rings. The number of phenols is 1. The molecule has 8 nitrogen and oxygen atoms in total. The predicted octanol–water partition coefficient (Wildman–Crippen LogP) is 3.92. The molecule has 3 aromatic carbocycles. The first-order valence-electron chi connectivity index (χ1n) is 11.6. The molecule has 1 heterocycles. The molecule has 0 bridgehead atoms. The number of hydrogen-bond donors (Lipinski definition) is 4. The van der Waals surface area contributed by atoms with E-state index in [1.165, 1.54) is 0 Å². The van der Waals surface area contributed by atoms with Crippen LogP contribution in [0, 0.1) is 0 Å². The Bertz CT molecular complexity index is 1290. The van der Waals surface area contributed by atoms with Crippen LogP contribution in [0.3, 0.4) is 0 Å². The molecule has 1 aromatic heterocycles. The molecule has 8 heteroatoms. The van der Waals surface area contributed by atoms with Crippen molar-refractivity contribution in [2.75, 3.05) is 58.0 Å². The van der Waals surface area contributed by atoms with E-state index in [4.69, 9.17) is 21.9 Å². The molecule has 0 atom stereocenters. The van der Waals surface area contributed by atoms with Gasteiger partial charge < -0.3 is 36.8 Å². The SMILES string of the molecule is CCOc1ccc2nc3cc(N)ccc3c(N)c2c1.CN(C)CCN(C)Cc1cc(N)ccc1O. The Morgan fingerprint density at radius 1 is 0.829 bits per heavy atom. The second kappa shape index (κ2) is 11.6. The number of aromatic nitrogens is 1. The number of ether oxygens (including phenoxy) is 1. The molecule has 0 spiro atoms. The fourth-order valence-electron chi connectivity index (χ4n) is 3.70. The van der Waals surface area contributed by atoms with Gasteiger partial charge in [0.2, 0.25) is 0 Å². The topological polar surface area (TPSA) is 127 Å². The molecule has 186 valence electrons. The van der Waals surface area contributed by atoms with E-state index in [2.05, 4.69) is 14.8 Å². The van der Waals surface area contributed by atoms with E-state index in [-0.39, 0.29) is 0 Å². The van der Waals surface area contributed by atoms with Gasteiger partial charge in [-0.15, -0.1) is 0 Å². The smallest absolute Gasteiger partial charge is 0.120 e. The first-order chi connectivity index (χ1) is 16.7. The second-order valence-electron chi connectivity index (χ2n) is 8.84. The van der Waals surface area contributed by atoms with Crippen LogP contribution in [0.15, 0.2) is 54.6 Å². The fraction of sp³-hybridized carbons (Fsp3) is 0.296. The van der Waals surface area contributed by atoms with E-state index in [9.17, 15) is 5.11 Å². The minimum Gasteiger partial charge on any atom is -0.508 e. The first kappa shape index (κ1) is 25.9. The Morgan fingerprint density at radius 2 is 1.54 bits per heavy atom. The molecule has 0 fully saturated rings. The van der Waals surface area contributed by atoms with Crippen LogP contribution in [0.2, 0.25) is 0 Å². The third kappa shape index (κ3) is 6.88. The van der Waals surface area contributed by atoms with Crippen LogP contribution >= 0.6 is 0 Å². The van der Waals surface area contributed by atoms with Crippen LogP contribution < -0.4 is 21.9 Å². The van der Waals surface area contributed by atoms with Gasteiger partial charge in [0.05, 0.1) is 23.3 Å². The molecule has 0 unspecified atom stereocenters. The first-order valence-corrected chi connectivity index (χ1v) is 11.6. The number of rotatable bonds is 7. The molecular weight excluding hydrogens is 440 g/mol. The molecule has 0 saturated heterocycles. The molecule has 7 N–H and O–H groups in total. The minimum absolute atomic E-state index is 0.311. The van der Waals surface area contributed by atoms with E-state index >= 15 is 0 Å².